The van der Waals surface area contributed by atoms with Crippen LogP contribution in [0.2, 0.25) is 0 Å². The first kappa shape index (κ1) is 15.1. The predicted molar refractivity (Wildman–Crippen MR) is 106 cm³/mol. The minimum atomic E-state index is -1.13. The molecule has 1 atom stereocenters. The zero-order valence-electron chi connectivity index (χ0n) is 14.3. The molecule has 124 valence electrons. The number of hydrogen-bond acceptors (Lipinski definition) is 1. The minimum absolute atomic E-state index is 0.899. The van der Waals surface area contributed by atoms with Crippen molar-refractivity contribution in [3.05, 3.63) is 120 Å². The normalized spacial score (nSPS) is 17.6. The van der Waals surface area contributed by atoms with Gasteiger partial charge in [-0.2, -0.15) is 0 Å². The lowest BCUT2D eigenvalue weighted by atomic mass is 9.83. The zero-order valence-corrected chi connectivity index (χ0v) is 14.3. The number of hydrogen-bond donors (Lipinski definition) is 1. The molecule has 0 spiro atoms. The molecule has 1 nitrogen and oxygen atoms in total. The van der Waals surface area contributed by atoms with Crippen LogP contribution in [0, 0.1) is 0 Å². The van der Waals surface area contributed by atoms with Crippen LogP contribution < -0.4 is 0 Å². The van der Waals surface area contributed by atoms with Crippen LogP contribution in [0.1, 0.15) is 16.7 Å². The molecule has 4 aromatic rings. The monoisotopic (exact) mass is 334 g/mol. The summed E-state index contributed by atoms with van der Waals surface area (Å²) in [4.78, 5) is 0. The van der Waals surface area contributed by atoms with E-state index in [1.807, 2.05) is 66.7 Å². The first-order valence-electron chi connectivity index (χ1n) is 8.86. The number of fused-ring (bicyclic) bond motifs is 3. The Morgan fingerprint density at radius 3 is 1.88 bits per heavy atom. The van der Waals surface area contributed by atoms with Crippen LogP contribution in [0.3, 0.4) is 0 Å². The van der Waals surface area contributed by atoms with E-state index < -0.39 is 5.60 Å². The third kappa shape index (κ3) is 2.08. The van der Waals surface area contributed by atoms with Gasteiger partial charge in [-0.3, -0.25) is 0 Å². The summed E-state index contributed by atoms with van der Waals surface area (Å²) >= 11 is 0. The van der Waals surface area contributed by atoms with Crippen LogP contribution in [0.5, 0.6) is 0 Å². The van der Waals surface area contributed by atoms with E-state index in [4.69, 9.17) is 0 Å². The van der Waals surface area contributed by atoms with Crippen molar-refractivity contribution in [2.45, 2.75) is 5.60 Å². The van der Waals surface area contributed by atoms with Gasteiger partial charge in [0.25, 0.3) is 0 Å². The first-order chi connectivity index (χ1) is 12.8. The Kier molecular flexibility index (Phi) is 3.31. The summed E-state index contributed by atoms with van der Waals surface area (Å²) in [6.07, 6.45) is 0. The zero-order chi connectivity index (χ0) is 17.6. The molecule has 1 aliphatic carbocycles. The summed E-state index contributed by atoms with van der Waals surface area (Å²) in [6, 6.07) is 34.8. The van der Waals surface area contributed by atoms with Gasteiger partial charge < -0.3 is 5.11 Å². The minimum Gasteiger partial charge on any atom is -0.376 e. The summed E-state index contributed by atoms with van der Waals surface area (Å²) in [6.45, 7) is 0. The van der Waals surface area contributed by atoms with E-state index in [1.165, 1.54) is 0 Å². The summed E-state index contributed by atoms with van der Waals surface area (Å²) in [5.41, 5.74) is 6.15. The van der Waals surface area contributed by atoms with Gasteiger partial charge in [-0.15, -0.1) is 0 Å². The van der Waals surface area contributed by atoms with Gasteiger partial charge in [-0.25, -0.2) is 0 Å². The largest absolute Gasteiger partial charge is 0.376 e. The maximum Gasteiger partial charge on any atom is 0.141 e. The number of benzene rings is 4. The maximum absolute atomic E-state index is 11.9. The Balaban J connectivity index is 1.80. The van der Waals surface area contributed by atoms with Gasteiger partial charge in [0.15, 0.2) is 0 Å². The molecule has 0 fully saturated rings. The molecule has 0 amide bonds. The second-order valence-electron chi connectivity index (χ2n) is 6.75. The van der Waals surface area contributed by atoms with E-state index >= 15 is 0 Å². The van der Waals surface area contributed by atoms with Gasteiger partial charge in [-0.1, -0.05) is 97.1 Å². The molecule has 0 aliphatic heterocycles. The van der Waals surface area contributed by atoms with Crippen LogP contribution in [0.25, 0.3) is 22.3 Å². The van der Waals surface area contributed by atoms with E-state index in [0.717, 1.165) is 38.9 Å². The van der Waals surface area contributed by atoms with Crippen LogP contribution in [-0.4, -0.2) is 5.11 Å². The Morgan fingerprint density at radius 1 is 0.500 bits per heavy atom. The fourth-order valence-corrected chi connectivity index (χ4v) is 4.06. The topological polar surface area (TPSA) is 20.2 Å². The van der Waals surface area contributed by atoms with Crippen molar-refractivity contribution < 1.29 is 5.11 Å². The highest BCUT2D eigenvalue weighted by molar-refractivity contribution is 5.84. The Hall–Kier alpha value is -3.16. The van der Waals surface area contributed by atoms with Gasteiger partial charge in [0.2, 0.25) is 0 Å². The van der Waals surface area contributed by atoms with Gasteiger partial charge in [0, 0.05) is 11.1 Å². The molecular formula is C25H18O. The average molecular weight is 334 g/mol. The van der Waals surface area contributed by atoms with Crippen molar-refractivity contribution >= 4 is 0 Å². The highest BCUT2D eigenvalue weighted by atomic mass is 16.3. The SMILES string of the molecule is OC1(c2ccccc2)c2ccccc2-c2ccc(-c3ccccc3)cc21. The molecule has 1 aliphatic rings. The molecule has 1 N–H and O–H groups in total. The lowest BCUT2D eigenvalue weighted by Crippen LogP contribution is -2.26. The summed E-state index contributed by atoms with van der Waals surface area (Å²) in [5.74, 6) is 0. The molecule has 1 unspecified atom stereocenters. The molecule has 1 heteroatoms. The van der Waals surface area contributed by atoms with Crippen LogP contribution in [0.4, 0.5) is 0 Å². The van der Waals surface area contributed by atoms with Crippen molar-refractivity contribution in [1.29, 1.82) is 0 Å². The van der Waals surface area contributed by atoms with Crippen molar-refractivity contribution in [3.8, 4) is 22.3 Å². The van der Waals surface area contributed by atoms with E-state index in [9.17, 15) is 5.11 Å². The van der Waals surface area contributed by atoms with Gasteiger partial charge in [0.05, 0.1) is 0 Å². The number of aliphatic hydroxyl groups is 1. The predicted octanol–water partition coefficient (Wildman–Crippen LogP) is 5.62. The summed E-state index contributed by atoms with van der Waals surface area (Å²) in [7, 11) is 0. The number of rotatable bonds is 2. The molecule has 0 heterocycles. The van der Waals surface area contributed by atoms with Crippen molar-refractivity contribution in [2.75, 3.05) is 0 Å². The van der Waals surface area contributed by atoms with E-state index in [-0.39, 0.29) is 0 Å². The highest BCUT2D eigenvalue weighted by Gasteiger charge is 2.42. The summed E-state index contributed by atoms with van der Waals surface area (Å²) in [5, 5.41) is 11.9. The van der Waals surface area contributed by atoms with Gasteiger partial charge in [0.1, 0.15) is 5.60 Å². The smallest absolute Gasteiger partial charge is 0.141 e. The quantitative estimate of drug-likeness (QED) is 0.504. The van der Waals surface area contributed by atoms with Crippen molar-refractivity contribution in [2.24, 2.45) is 0 Å². The molecule has 0 aromatic heterocycles. The lowest BCUT2D eigenvalue weighted by Gasteiger charge is -2.27. The maximum atomic E-state index is 11.9. The van der Waals surface area contributed by atoms with E-state index in [1.54, 1.807) is 0 Å². The molecule has 0 saturated heterocycles. The standard InChI is InChI=1S/C25H18O/c26-25(20-11-5-2-6-12-20)23-14-8-7-13-21(23)22-16-15-19(17-24(22)25)18-9-3-1-4-10-18/h1-17,26H. The second-order valence-corrected chi connectivity index (χ2v) is 6.75. The molecule has 5 rings (SSSR count). The van der Waals surface area contributed by atoms with Gasteiger partial charge >= 0.3 is 0 Å². The Morgan fingerprint density at radius 2 is 1.12 bits per heavy atom. The average Bonchev–Trinajstić information content (AvgIpc) is 2.99. The van der Waals surface area contributed by atoms with E-state index in [0.29, 0.717) is 0 Å². The molecule has 26 heavy (non-hydrogen) atoms. The highest BCUT2D eigenvalue weighted by Crippen LogP contribution is 2.51. The fraction of sp³-hybridized carbons (Fsp3) is 0.0400. The second kappa shape index (κ2) is 5.69. The Labute approximate surface area is 153 Å². The van der Waals surface area contributed by atoms with Crippen LogP contribution >= 0.6 is 0 Å². The van der Waals surface area contributed by atoms with Crippen LogP contribution in [0.15, 0.2) is 103 Å². The van der Waals surface area contributed by atoms with Gasteiger partial charge in [-0.05, 0) is 33.9 Å². The first-order valence-corrected chi connectivity index (χ1v) is 8.86. The third-order valence-corrected chi connectivity index (χ3v) is 5.32. The fourth-order valence-electron chi connectivity index (χ4n) is 4.06. The summed E-state index contributed by atoms with van der Waals surface area (Å²) < 4.78 is 0. The Bertz CT molecular complexity index is 1080. The molecular weight excluding hydrogens is 316 g/mol. The molecule has 0 bridgehead atoms. The van der Waals surface area contributed by atoms with Crippen molar-refractivity contribution in [3.63, 3.8) is 0 Å². The molecule has 0 radical (unpaired) electrons. The third-order valence-electron chi connectivity index (χ3n) is 5.32. The molecule has 0 saturated carbocycles. The van der Waals surface area contributed by atoms with Crippen molar-refractivity contribution in [1.82, 2.24) is 0 Å². The molecule has 4 aromatic carbocycles. The van der Waals surface area contributed by atoms with E-state index in [2.05, 4.69) is 36.4 Å². The van der Waals surface area contributed by atoms with Crippen LogP contribution in [-0.2, 0) is 5.60 Å². The lowest BCUT2D eigenvalue weighted by molar-refractivity contribution is 0.131.